The lowest BCUT2D eigenvalue weighted by atomic mass is 10.1. The molecule has 0 amide bonds. The van der Waals surface area contributed by atoms with Gasteiger partial charge in [0.1, 0.15) is 0 Å². The molecule has 3 nitrogen and oxygen atoms in total. The average Bonchev–Trinajstić information content (AvgIpc) is 2.38. The summed E-state index contributed by atoms with van der Waals surface area (Å²) in [6.45, 7) is 4.58. The molecule has 0 radical (unpaired) electrons. The molecule has 0 fully saturated rings. The number of hydrogen-bond acceptors (Lipinski definition) is 3. The molecule has 94 valence electrons. The fourth-order valence-corrected chi connectivity index (χ4v) is 1.57. The van der Waals surface area contributed by atoms with E-state index in [-0.39, 0.29) is 11.9 Å². The molecular weight excluding hydrogens is 214 g/mol. The topological polar surface area (TPSA) is 49.3 Å². The van der Waals surface area contributed by atoms with Gasteiger partial charge in [0, 0.05) is 24.2 Å². The normalized spacial score (nSPS) is 12.2. The van der Waals surface area contributed by atoms with Crippen molar-refractivity contribution in [3.05, 3.63) is 29.8 Å². The van der Waals surface area contributed by atoms with Gasteiger partial charge in [-0.3, -0.25) is 4.79 Å². The lowest BCUT2D eigenvalue weighted by Gasteiger charge is -2.10. The quantitative estimate of drug-likeness (QED) is 0.714. The first-order valence-corrected chi connectivity index (χ1v) is 6.22. The van der Waals surface area contributed by atoms with Crippen LogP contribution in [0.3, 0.4) is 0 Å². The van der Waals surface area contributed by atoms with Gasteiger partial charge in [0.25, 0.3) is 0 Å². The van der Waals surface area contributed by atoms with E-state index in [1.165, 1.54) is 0 Å². The fraction of sp³-hybridized carbons (Fsp3) is 0.500. The molecular formula is C14H21NO2. The number of aliphatic hydroxyl groups excluding tert-OH is 1. The summed E-state index contributed by atoms with van der Waals surface area (Å²) >= 11 is 0. The van der Waals surface area contributed by atoms with E-state index in [0.717, 1.165) is 30.6 Å². The molecule has 0 aliphatic heterocycles. The predicted octanol–water partition coefficient (Wildman–Crippen LogP) is 2.85. The molecule has 1 aromatic rings. The Morgan fingerprint density at radius 3 is 2.47 bits per heavy atom. The maximum atomic E-state index is 11.4. The van der Waals surface area contributed by atoms with Crippen LogP contribution in [0.1, 0.15) is 43.5 Å². The highest BCUT2D eigenvalue weighted by Crippen LogP contribution is 2.11. The first-order chi connectivity index (χ1) is 8.17. The molecule has 0 heterocycles. The molecule has 0 aromatic heterocycles. The number of Topliss-reactive ketones (excluding diaryl/α,β-unsaturated/α-hetero) is 1. The van der Waals surface area contributed by atoms with Crippen LogP contribution in [0.2, 0.25) is 0 Å². The molecule has 0 bridgehead atoms. The first-order valence-electron chi connectivity index (χ1n) is 6.22. The van der Waals surface area contributed by atoms with Crippen LogP contribution >= 0.6 is 0 Å². The van der Waals surface area contributed by atoms with Crippen LogP contribution in [-0.4, -0.2) is 23.5 Å². The smallest absolute Gasteiger partial charge is 0.162 e. The van der Waals surface area contributed by atoms with E-state index < -0.39 is 0 Å². The molecule has 1 aromatic carbocycles. The number of carbonyl (C=O) groups is 1. The van der Waals surface area contributed by atoms with E-state index in [1.807, 2.05) is 38.1 Å². The van der Waals surface area contributed by atoms with E-state index in [2.05, 4.69) is 5.32 Å². The lowest BCUT2D eigenvalue weighted by Crippen LogP contribution is -2.12. The standard InChI is InChI=1S/C14H21NO2/c1-3-13(16)9-10-15-12-7-5-11(6-8-12)14(17)4-2/h5-8,13,15-16H,3-4,9-10H2,1-2H3. The number of hydrogen-bond donors (Lipinski definition) is 2. The Kier molecular flexibility index (Phi) is 5.70. The number of carbonyl (C=O) groups excluding carboxylic acids is 1. The zero-order valence-electron chi connectivity index (χ0n) is 10.6. The minimum absolute atomic E-state index is 0.165. The van der Waals surface area contributed by atoms with Crippen molar-refractivity contribution in [3.8, 4) is 0 Å². The Hall–Kier alpha value is -1.35. The molecule has 0 saturated carbocycles. The first kappa shape index (κ1) is 13.7. The molecule has 2 N–H and O–H groups in total. The Morgan fingerprint density at radius 2 is 1.94 bits per heavy atom. The minimum atomic E-state index is -0.233. The van der Waals surface area contributed by atoms with Gasteiger partial charge in [-0.05, 0) is 37.1 Å². The second-order valence-electron chi connectivity index (χ2n) is 4.13. The van der Waals surface area contributed by atoms with E-state index >= 15 is 0 Å². The van der Waals surface area contributed by atoms with Gasteiger partial charge < -0.3 is 10.4 Å². The van der Waals surface area contributed by atoms with Crippen molar-refractivity contribution in [1.29, 1.82) is 0 Å². The van der Waals surface area contributed by atoms with Crippen molar-refractivity contribution < 1.29 is 9.90 Å². The van der Waals surface area contributed by atoms with Crippen molar-refractivity contribution in [2.24, 2.45) is 0 Å². The highest BCUT2D eigenvalue weighted by Gasteiger charge is 2.03. The second-order valence-corrected chi connectivity index (χ2v) is 4.13. The summed E-state index contributed by atoms with van der Waals surface area (Å²) in [4.78, 5) is 11.4. The van der Waals surface area contributed by atoms with Gasteiger partial charge in [-0.25, -0.2) is 0 Å². The number of benzene rings is 1. The van der Waals surface area contributed by atoms with Crippen LogP contribution in [0.25, 0.3) is 0 Å². The van der Waals surface area contributed by atoms with Gasteiger partial charge >= 0.3 is 0 Å². The van der Waals surface area contributed by atoms with Crippen LogP contribution in [0.4, 0.5) is 5.69 Å². The Labute approximate surface area is 103 Å². The summed E-state index contributed by atoms with van der Waals surface area (Å²) in [5.41, 5.74) is 1.74. The molecule has 1 atom stereocenters. The zero-order valence-corrected chi connectivity index (χ0v) is 10.6. The number of aliphatic hydroxyl groups is 1. The number of anilines is 1. The highest BCUT2D eigenvalue weighted by molar-refractivity contribution is 5.96. The third-order valence-electron chi connectivity index (χ3n) is 2.81. The maximum absolute atomic E-state index is 11.4. The number of rotatable bonds is 7. The van der Waals surface area contributed by atoms with Crippen molar-refractivity contribution in [3.63, 3.8) is 0 Å². The third-order valence-corrected chi connectivity index (χ3v) is 2.81. The van der Waals surface area contributed by atoms with Gasteiger partial charge in [0.2, 0.25) is 0 Å². The van der Waals surface area contributed by atoms with E-state index in [9.17, 15) is 9.90 Å². The molecule has 0 aliphatic carbocycles. The van der Waals surface area contributed by atoms with Gasteiger partial charge in [0.15, 0.2) is 5.78 Å². The minimum Gasteiger partial charge on any atom is -0.393 e. The van der Waals surface area contributed by atoms with E-state index in [4.69, 9.17) is 0 Å². The summed E-state index contributed by atoms with van der Waals surface area (Å²) in [7, 11) is 0. The molecule has 0 saturated heterocycles. The van der Waals surface area contributed by atoms with Crippen molar-refractivity contribution in [2.45, 2.75) is 39.2 Å². The molecule has 0 aliphatic rings. The number of ketones is 1. The summed E-state index contributed by atoms with van der Waals surface area (Å²) in [6, 6.07) is 7.48. The molecule has 17 heavy (non-hydrogen) atoms. The van der Waals surface area contributed by atoms with Crippen LogP contribution in [0.15, 0.2) is 24.3 Å². The summed E-state index contributed by atoms with van der Waals surface area (Å²) in [6.07, 6.45) is 1.83. The van der Waals surface area contributed by atoms with Crippen molar-refractivity contribution in [1.82, 2.24) is 0 Å². The van der Waals surface area contributed by atoms with Gasteiger partial charge in [0.05, 0.1) is 6.10 Å². The molecule has 3 heteroatoms. The van der Waals surface area contributed by atoms with Crippen molar-refractivity contribution >= 4 is 11.5 Å². The largest absolute Gasteiger partial charge is 0.393 e. The van der Waals surface area contributed by atoms with Crippen LogP contribution < -0.4 is 5.32 Å². The lowest BCUT2D eigenvalue weighted by molar-refractivity contribution is 0.0988. The van der Waals surface area contributed by atoms with Gasteiger partial charge in [-0.15, -0.1) is 0 Å². The summed E-state index contributed by atoms with van der Waals surface area (Å²) in [5, 5.41) is 12.6. The van der Waals surface area contributed by atoms with Gasteiger partial charge in [-0.2, -0.15) is 0 Å². The number of nitrogens with one attached hydrogen (secondary N) is 1. The van der Waals surface area contributed by atoms with E-state index in [1.54, 1.807) is 0 Å². The fourth-order valence-electron chi connectivity index (χ4n) is 1.57. The average molecular weight is 235 g/mol. The van der Waals surface area contributed by atoms with E-state index in [0.29, 0.717) is 6.42 Å². The van der Waals surface area contributed by atoms with Crippen LogP contribution in [-0.2, 0) is 0 Å². The molecule has 1 rings (SSSR count). The monoisotopic (exact) mass is 235 g/mol. The Bertz CT molecular complexity index is 346. The predicted molar refractivity (Wildman–Crippen MR) is 70.5 cm³/mol. The van der Waals surface area contributed by atoms with Crippen LogP contribution in [0.5, 0.6) is 0 Å². The zero-order chi connectivity index (χ0) is 12.7. The molecule has 1 unspecified atom stereocenters. The summed E-state index contributed by atoms with van der Waals surface area (Å²) < 4.78 is 0. The molecule has 0 spiro atoms. The van der Waals surface area contributed by atoms with Gasteiger partial charge in [-0.1, -0.05) is 13.8 Å². The Balaban J connectivity index is 2.43. The third kappa shape index (κ3) is 4.57. The van der Waals surface area contributed by atoms with Crippen molar-refractivity contribution in [2.75, 3.05) is 11.9 Å². The SMILES string of the molecule is CCC(=O)c1ccc(NCCC(O)CC)cc1. The second kappa shape index (κ2) is 7.07. The Morgan fingerprint density at radius 1 is 1.29 bits per heavy atom. The highest BCUT2D eigenvalue weighted by atomic mass is 16.3. The maximum Gasteiger partial charge on any atom is 0.162 e. The summed E-state index contributed by atoms with van der Waals surface area (Å²) in [5.74, 6) is 0.165. The van der Waals surface area contributed by atoms with Crippen LogP contribution in [0, 0.1) is 0 Å².